The zero-order valence-electron chi connectivity index (χ0n) is 10.4. The van der Waals surface area contributed by atoms with Crippen LogP contribution in [-0.4, -0.2) is 36.5 Å². The molecule has 0 aromatic carbocycles. The molecule has 0 radical (unpaired) electrons. The number of carbonyl (C=O) groups excluding carboxylic acids is 1. The number of nitrogens with zero attached hydrogens (tertiary/aromatic N) is 1. The number of carbonyl (C=O) groups is 1. The van der Waals surface area contributed by atoms with E-state index in [4.69, 9.17) is 0 Å². The highest BCUT2D eigenvalue weighted by Gasteiger charge is 2.23. The first-order valence-electron chi connectivity index (χ1n) is 6.77. The molecule has 0 unspecified atom stereocenters. The Kier molecular flexibility index (Phi) is 4.22. The number of piperazine rings is 1. The van der Waals surface area contributed by atoms with Gasteiger partial charge in [-0.05, 0) is 25.7 Å². The molecule has 1 saturated heterocycles. The summed E-state index contributed by atoms with van der Waals surface area (Å²) < 4.78 is 0. The molecule has 0 bridgehead atoms. The number of hydrogen-bond donors (Lipinski definition) is 1. The lowest BCUT2D eigenvalue weighted by Crippen LogP contribution is -2.51. The van der Waals surface area contributed by atoms with Crippen molar-refractivity contribution in [1.82, 2.24) is 10.2 Å². The number of hydrogen-bond acceptors (Lipinski definition) is 2. The quantitative estimate of drug-likeness (QED) is 0.775. The zero-order valence-corrected chi connectivity index (χ0v) is 10.4. The van der Waals surface area contributed by atoms with E-state index in [-0.39, 0.29) is 0 Å². The number of rotatable bonds is 2. The first-order valence-corrected chi connectivity index (χ1v) is 6.77. The van der Waals surface area contributed by atoms with Crippen LogP contribution < -0.4 is 5.32 Å². The van der Waals surface area contributed by atoms with Crippen LogP contribution in [0.4, 0.5) is 0 Å². The van der Waals surface area contributed by atoms with Gasteiger partial charge in [-0.25, -0.2) is 0 Å². The van der Waals surface area contributed by atoms with Crippen LogP contribution in [0.25, 0.3) is 0 Å². The fourth-order valence-corrected chi connectivity index (χ4v) is 2.93. The molecule has 1 aliphatic heterocycles. The summed E-state index contributed by atoms with van der Waals surface area (Å²) in [5.74, 6) is 1.06. The Hall–Kier alpha value is -0.570. The molecule has 2 fully saturated rings. The van der Waals surface area contributed by atoms with E-state index in [2.05, 4.69) is 17.1 Å². The van der Waals surface area contributed by atoms with Crippen LogP contribution in [0, 0.1) is 5.92 Å². The van der Waals surface area contributed by atoms with Crippen molar-refractivity contribution in [3.8, 4) is 0 Å². The Morgan fingerprint density at radius 2 is 2.06 bits per heavy atom. The van der Waals surface area contributed by atoms with E-state index in [0.717, 1.165) is 26.1 Å². The van der Waals surface area contributed by atoms with Crippen LogP contribution in [0.15, 0.2) is 0 Å². The molecule has 2 rings (SSSR count). The van der Waals surface area contributed by atoms with Crippen LogP contribution in [0.3, 0.4) is 0 Å². The largest absolute Gasteiger partial charge is 0.340 e. The van der Waals surface area contributed by atoms with Crippen LogP contribution in [0.5, 0.6) is 0 Å². The highest BCUT2D eigenvalue weighted by Crippen LogP contribution is 2.26. The van der Waals surface area contributed by atoms with Gasteiger partial charge in [0.05, 0.1) is 0 Å². The minimum absolute atomic E-state index is 0.389. The van der Waals surface area contributed by atoms with Gasteiger partial charge in [-0.15, -0.1) is 0 Å². The van der Waals surface area contributed by atoms with Crippen LogP contribution in [0.1, 0.15) is 45.4 Å². The fourth-order valence-electron chi connectivity index (χ4n) is 2.93. The van der Waals surface area contributed by atoms with Crippen molar-refractivity contribution < 1.29 is 4.79 Å². The van der Waals surface area contributed by atoms with Crippen molar-refractivity contribution >= 4 is 5.91 Å². The number of nitrogens with one attached hydrogen (secondary N) is 1. The molecule has 0 aromatic heterocycles. The summed E-state index contributed by atoms with van der Waals surface area (Å²) in [4.78, 5) is 14.2. The lowest BCUT2D eigenvalue weighted by Gasteiger charge is -2.33. The highest BCUT2D eigenvalue weighted by atomic mass is 16.2. The molecule has 1 saturated carbocycles. The van der Waals surface area contributed by atoms with Crippen molar-refractivity contribution in [2.75, 3.05) is 19.6 Å². The predicted octanol–water partition coefficient (Wildman–Crippen LogP) is 1.78. The van der Waals surface area contributed by atoms with E-state index >= 15 is 0 Å². The summed E-state index contributed by atoms with van der Waals surface area (Å²) in [5, 5.41) is 3.38. The lowest BCUT2D eigenvalue weighted by atomic mass is 9.86. The van der Waals surface area contributed by atoms with Gasteiger partial charge in [0.15, 0.2) is 0 Å². The van der Waals surface area contributed by atoms with Gasteiger partial charge in [-0.3, -0.25) is 4.79 Å². The average Bonchev–Trinajstić information content (AvgIpc) is 2.30. The molecular formula is C13H24N2O. The average molecular weight is 224 g/mol. The van der Waals surface area contributed by atoms with E-state index < -0.39 is 0 Å². The Balaban J connectivity index is 1.77. The Labute approximate surface area is 98.6 Å². The maximum atomic E-state index is 12.1. The van der Waals surface area contributed by atoms with Crippen molar-refractivity contribution in [1.29, 1.82) is 0 Å². The van der Waals surface area contributed by atoms with E-state index in [1.807, 2.05) is 0 Å². The smallest absolute Gasteiger partial charge is 0.222 e. The van der Waals surface area contributed by atoms with Gasteiger partial charge >= 0.3 is 0 Å². The first-order chi connectivity index (χ1) is 7.75. The molecule has 16 heavy (non-hydrogen) atoms. The zero-order chi connectivity index (χ0) is 11.4. The maximum absolute atomic E-state index is 12.1. The third-order valence-electron chi connectivity index (χ3n) is 3.91. The summed E-state index contributed by atoms with van der Waals surface area (Å²) in [7, 11) is 0. The number of amides is 1. The topological polar surface area (TPSA) is 32.3 Å². The minimum Gasteiger partial charge on any atom is -0.340 e. The molecule has 1 aliphatic carbocycles. The van der Waals surface area contributed by atoms with E-state index in [1.165, 1.54) is 32.1 Å². The molecule has 3 nitrogen and oxygen atoms in total. The standard InChI is InChI=1S/C13H24N2O/c1-11-10-15(8-7-14-11)13(16)9-12-5-3-2-4-6-12/h11-12,14H,2-10H2,1H3/t11-/m0/s1. The molecule has 92 valence electrons. The lowest BCUT2D eigenvalue weighted by molar-refractivity contribution is -0.133. The van der Waals surface area contributed by atoms with Gasteiger partial charge in [0, 0.05) is 32.1 Å². The second-order valence-corrected chi connectivity index (χ2v) is 5.40. The second-order valence-electron chi connectivity index (χ2n) is 5.40. The van der Waals surface area contributed by atoms with Crippen molar-refractivity contribution in [2.24, 2.45) is 5.92 Å². The third-order valence-corrected chi connectivity index (χ3v) is 3.91. The van der Waals surface area contributed by atoms with Crippen LogP contribution in [-0.2, 0) is 4.79 Å². The molecule has 0 spiro atoms. The highest BCUT2D eigenvalue weighted by molar-refractivity contribution is 5.76. The van der Waals surface area contributed by atoms with E-state index in [9.17, 15) is 4.79 Å². The molecule has 1 amide bonds. The SMILES string of the molecule is C[C@H]1CN(C(=O)CC2CCCCC2)CCN1. The summed E-state index contributed by atoms with van der Waals surface area (Å²) in [6, 6.07) is 0.462. The van der Waals surface area contributed by atoms with Crippen LogP contribution >= 0.6 is 0 Å². The Morgan fingerprint density at radius 1 is 1.31 bits per heavy atom. The van der Waals surface area contributed by atoms with Gasteiger partial charge in [-0.1, -0.05) is 19.3 Å². The van der Waals surface area contributed by atoms with Gasteiger partial charge in [0.2, 0.25) is 5.91 Å². The Bertz CT molecular complexity index is 236. The molecule has 1 N–H and O–H groups in total. The fraction of sp³-hybridized carbons (Fsp3) is 0.923. The van der Waals surface area contributed by atoms with E-state index in [1.54, 1.807) is 0 Å². The second kappa shape index (κ2) is 5.67. The van der Waals surface area contributed by atoms with Gasteiger partial charge < -0.3 is 10.2 Å². The van der Waals surface area contributed by atoms with Crippen molar-refractivity contribution in [3.05, 3.63) is 0 Å². The van der Waals surface area contributed by atoms with Crippen molar-refractivity contribution in [2.45, 2.75) is 51.5 Å². The summed E-state index contributed by atoms with van der Waals surface area (Å²) in [6.07, 6.45) is 7.37. The van der Waals surface area contributed by atoms with E-state index in [0.29, 0.717) is 17.9 Å². The maximum Gasteiger partial charge on any atom is 0.222 e. The predicted molar refractivity (Wildman–Crippen MR) is 65.2 cm³/mol. The molecule has 1 heterocycles. The summed E-state index contributed by atoms with van der Waals surface area (Å²) in [6.45, 7) is 4.90. The van der Waals surface area contributed by atoms with Gasteiger partial charge in [0.1, 0.15) is 0 Å². The Morgan fingerprint density at radius 3 is 2.75 bits per heavy atom. The molecule has 1 atom stereocenters. The summed E-state index contributed by atoms with van der Waals surface area (Å²) in [5.41, 5.74) is 0. The van der Waals surface area contributed by atoms with Gasteiger partial charge in [0.25, 0.3) is 0 Å². The summed E-state index contributed by atoms with van der Waals surface area (Å²) >= 11 is 0. The minimum atomic E-state index is 0.389. The van der Waals surface area contributed by atoms with Crippen molar-refractivity contribution in [3.63, 3.8) is 0 Å². The molecule has 0 aromatic rings. The normalized spacial score (nSPS) is 28.1. The van der Waals surface area contributed by atoms with Gasteiger partial charge in [-0.2, -0.15) is 0 Å². The first kappa shape index (κ1) is 11.9. The molecule has 2 aliphatic rings. The molecular weight excluding hydrogens is 200 g/mol. The van der Waals surface area contributed by atoms with Crippen LogP contribution in [0.2, 0.25) is 0 Å². The third kappa shape index (κ3) is 3.21. The monoisotopic (exact) mass is 224 g/mol. The molecule has 3 heteroatoms.